The van der Waals surface area contributed by atoms with Gasteiger partial charge in [0.1, 0.15) is 0 Å². The van der Waals surface area contributed by atoms with Crippen molar-refractivity contribution in [3.8, 4) is 0 Å². The fraction of sp³-hybridized carbons (Fsp3) is 0.667. The fourth-order valence-electron chi connectivity index (χ4n) is 8.73. The fourth-order valence-corrected chi connectivity index (χ4v) is 8.73. The molecule has 0 amide bonds. The molecule has 0 radical (unpaired) electrons. The Morgan fingerprint density at radius 3 is 2.66 bits per heavy atom. The van der Waals surface area contributed by atoms with Gasteiger partial charge in [0.05, 0.1) is 43.9 Å². The smallest absolute Gasteiger partial charge is 0.337 e. The minimum atomic E-state index is -1.23. The first-order chi connectivity index (χ1) is 16.5. The van der Waals surface area contributed by atoms with Gasteiger partial charge in [0.25, 0.3) is 0 Å². The summed E-state index contributed by atoms with van der Waals surface area (Å²) in [6.07, 6.45) is 3.77. The first-order valence-corrected chi connectivity index (χ1v) is 12.4. The number of esters is 2. The first-order valence-electron chi connectivity index (χ1n) is 12.4. The summed E-state index contributed by atoms with van der Waals surface area (Å²) in [5, 5.41) is 9.84. The van der Waals surface area contributed by atoms with E-state index in [1.54, 1.807) is 6.08 Å². The summed E-state index contributed by atoms with van der Waals surface area (Å²) in [7, 11) is 1.40. The number of fused-ring (bicyclic) bond motifs is 4. The maximum atomic E-state index is 13.0. The number of hydrogen-bond donors (Lipinski definition) is 1. The van der Waals surface area contributed by atoms with Crippen molar-refractivity contribution in [3.63, 3.8) is 0 Å². The Bertz CT molecular complexity index is 1130. The Balaban J connectivity index is 1.52. The number of cyclic esters (lactones) is 1. The maximum Gasteiger partial charge on any atom is 0.337 e. The molecule has 3 aliphatic carbocycles. The second kappa shape index (κ2) is 7.14. The summed E-state index contributed by atoms with van der Waals surface area (Å²) < 4.78 is 23.2. The van der Waals surface area contributed by atoms with Crippen LogP contribution in [-0.4, -0.2) is 61.1 Å². The molecule has 8 heteroatoms. The predicted molar refractivity (Wildman–Crippen MR) is 121 cm³/mol. The summed E-state index contributed by atoms with van der Waals surface area (Å²) in [5.41, 5.74) is 0.813. The van der Waals surface area contributed by atoms with Gasteiger partial charge >= 0.3 is 11.9 Å². The molecule has 8 nitrogen and oxygen atoms in total. The molecule has 10 atom stereocenters. The van der Waals surface area contributed by atoms with Gasteiger partial charge in [-0.1, -0.05) is 25.5 Å². The van der Waals surface area contributed by atoms with Crippen molar-refractivity contribution in [1.29, 1.82) is 0 Å². The molecular weight excluding hydrogens is 452 g/mol. The second-order valence-corrected chi connectivity index (χ2v) is 11.7. The number of methoxy groups -OCH3 is 1. The number of rotatable bonds is 3. The van der Waals surface area contributed by atoms with Crippen molar-refractivity contribution in [2.45, 2.75) is 65.1 Å². The lowest BCUT2D eigenvalue weighted by Crippen LogP contribution is -2.64. The van der Waals surface area contributed by atoms with Crippen molar-refractivity contribution in [1.82, 2.24) is 0 Å². The highest BCUT2D eigenvalue weighted by Crippen LogP contribution is 2.71. The standard InChI is InChI=1S/C27H32O8/c1-12-13(14-9-19(30)35-24(14)31)8-15-20(12)27(4)16(10-18(29)32-5)25(2)7-6-17(28)26(3)11-33-21(22(25)26)23(27)34-15/h6-7,9,13,15-16,19,21-23,30H,8,10-11H2,1-5H3/t13-,15-,16-,19+,21-,22+,23-,25-,26-,27-/m1/s1. The van der Waals surface area contributed by atoms with E-state index in [1.807, 2.05) is 19.9 Å². The van der Waals surface area contributed by atoms with E-state index in [2.05, 4.69) is 13.8 Å². The molecule has 188 valence electrons. The molecule has 3 heterocycles. The summed E-state index contributed by atoms with van der Waals surface area (Å²) in [4.78, 5) is 38.2. The molecule has 1 saturated carbocycles. The summed E-state index contributed by atoms with van der Waals surface area (Å²) in [6, 6.07) is 0. The first kappa shape index (κ1) is 23.1. The highest BCUT2D eigenvalue weighted by atomic mass is 16.6. The molecule has 0 spiro atoms. The molecule has 35 heavy (non-hydrogen) atoms. The van der Waals surface area contributed by atoms with Gasteiger partial charge in [0.15, 0.2) is 5.78 Å². The maximum absolute atomic E-state index is 13.0. The highest BCUT2D eigenvalue weighted by Gasteiger charge is 2.74. The average Bonchev–Trinajstić information content (AvgIpc) is 3.51. The highest BCUT2D eigenvalue weighted by molar-refractivity contribution is 5.97. The number of hydrogen-bond acceptors (Lipinski definition) is 8. The van der Waals surface area contributed by atoms with E-state index in [9.17, 15) is 19.5 Å². The van der Waals surface area contributed by atoms with Crippen molar-refractivity contribution >= 4 is 17.7 Å². The molecule has 6 aliphatic rings. The number of carbonyl (C=O) groups is 3. The van der Waals surface area contributed by atoms with Crippen LogP contribution in [0, 0.1) is 34.0 Å². The SMILES string of the molecule is COC(=O)C[C@@H]1[C@@]2(C)C=CC(=O)[C@@]3(C)CO[C@@H]([C@H]4O[C@@H]5C[C@@H](C6=C[C@@H](O)OC6=O)C(C)=C5[C@]41C)[C@@H]23. The van der Waals surface area contributed by atoms with E-state index >= 15 is 0 Å². The van der Waals surface area contributed by atoms with Gasteiger partial charge in [-0.25, -0.2) is 4.79 Å². The zero-order chi connectivity index (χ0) is 25.1. The van der Waals surface area contributed by atoms with Gasteiger partial charge in [-0.2, -0.15) is 0 Å². The van der Waals surface area contributed by atoms with E-state index in [-0.39, 0.29) is 54.2 Å². The molecule has 1 N–H and O–H groups in total. The number of allylic oxidation sites excluding steroid dienone is 3. The van der Waals surface area contributed by atoms with Crippen LogP contribution in [0.3, 0.4) is 0 Å². The van der Waals surface area contributed by atoms with E-state index in [0.29, 0.717) is 18.6 Å². The lowest BCUT2D eigenvalue weighted by atomic mass is 9.42. The molecule has 3 fully saturated rings. The molecule has 0 bridgehead atoms. The summed E-state index contributed by atoms with van der Waals surface area (Å²) >= 11 is 0. The van der Waals surface area contributed by atoms with Gasteiger partial charge in [-0.05, 0) is 49.3 Å². The van der Waals surface area contributed by atoms with Gasteiger partial charge in [-0.3, -0.25) is 9.59 Å². The molecule has 2 saturated heterocycles. The number of carbonyl (C=O) groups excluding carboxylic acids is 3. The quantitative estimate of drug-likeness (QED) is 0.480. The van der Waals surface area contributed by atoms with Gasteiger partial charge < -0.3 is 24.1 Å². The summed E-state index contributed by atoms with van der Waals surface area (Å²) in [6.45, 7) is 8.59. The van der Waals surface area contributed by atoms with Gasteiger partial charge in [0, 0.05) is 22.8 Å². The van der Waals surface area contributed by atoms with Crippen molar-refractivity contribution < 1.29 is 38.4 Å². The topological polar surface area (TPSA) is 108 Å². The third-order valence-electron chi connectivity index (χ3n) is 10.2. The van der Waals surface area contributed by atoms with E-state index in [4.69, 9.17) is 18.9 Å². The van der Waals surface area contributed by atoms with Crippen LogP contribution in [0.5, 0.6) is 0 Å². The van der Waals surface area contributed by atoms with Crippen molar-refractivity contribution in [3.05, 3.63) is 34.9 Å². The van der Waals surface area contributed by atoms with E-state index < -0.39 is 28.5 Å². The normalized spacial score (nSPS) is 49.5. The molecular formula is C27H32O8. The number of ether oxygens (including phenoxy) is 4. The number of aliphatic hydroxyl groups excluding tert-OH is 1. The van der Waals surface area contributed by atoms with Crippen LogP contribution < -0.4 is 0 Å². The number of ketones is 1. The van der Waals surface area contributed by atoms with Crippen LogP contribution in [0.2, 0.25) is 0 Å². The third-order valence-corrected chi connectivity index (χ3v) is 10.2. The zero-order valence-electron chi connectivity index (χ0n) is 20.7. The van der Waals surface area contributed by atoms with Crippen LogP contribution in [0.25, 0.3) is 0 Å². The van der Waals surface area contributed by atoms with Crippen LogP contribution in [0.1, 0.15) is 40.5 Å². The monoisotopic (exact) mass is 484 g/mol. The lowest BCUT2D eigenvalue weighted by Gasteiger charge is -2.60. The molecule has 0 unspecified atom stereocenters. The predicted octanol–water partition coefficient (Wildman–Crippen LogP) is 2.26. The minimum Gasteiger partial charge on any atom is -0.469 e. The van der Waals surface area contributed by atoms with E-state index in [0.717, 1.165) is 11.1 Å². The average molecular weight is 485 g/mol. The number of aliphatic hydroxyl groups is 1. The Kier molecular flexibility index (Phi) is 4.72. The lowest BCUT2D eigenvalue weighted by molar-refractivity contribution is -0.178. The molecule has 0 aromatic heterocycles. The molecule has 0 aromatic carbocycles. The van der Waals surface area contributed by atoms with Crippen LogP contribution in [0.15, 0.2) is 34.9 Å². The summed E-state index contributed by atoms with van der Waals surface area (Å²) in [5.74, 6) is -1.31. The van der Waals surface area contributed by atoms with Crippen LogP contribution in [-0.2, 0) is 33.3 Å². The van der Waals surface area contributed by atoms with Gasteiger partial charge in [-0.15, -0.1) is 0 Å². The molecule has 0 aromatic rings. The minimum absolute atomic E-state index is 0.0572. The Morgan fingerprint density at radius 2 is 2.00 bits per heavy atom. The Labute approximate surface area is 204 Å². The third kappa shape index (κ3) is 2.71. The van der Waals surface area contributed by atoms with Gasteiger partial charge in [0.2, 0.25) is 6.29 Å². The Hall–Kier alpha value is -2.29. The van der Waals surface area contributed by atoms with Crippen LogP contribution >= 0.6 is 0 Å². The van der Waals surface area contributed by atoms with Crippen LogP contribution in [0.4, 0.5) is 0 Å². The van der Waals surface area contributed by atoms with Crippen molar-refractivity contribution in [2.24, 2.45) is 34.0 Å². The van der Waals surface area contributed by atoms with Crippen molar-refractivity contribution in [2.75, 3.05) is 13.7 Å². The molecule has 3 aliphatic heterocycles. The van der Waals surface area contributed by atoms with E-state index in [1.165, 1.54) is 13.2 Å². The largest absolute Gasteiger partial charge is 0.469 e. The Morgan fingerprint density at radius 1 is 1.26 bits per heavy atom. The zero-order valence-corrected chi connectivity index (χ0v) is 20.7. The molecule has 6 rings (SSSR count). The second-order valence-electron chi connectivity index (χ2n) is 11.7.